The van der Waals surface area contributed by atoms with Crippen molar-refractivity contribution < 1.29 is 193 Å². The first-order valence-electron chi connectivity index (χ1n) is 28.3. The van der Waals surface area contributed by atoms with Crippen molar-refractivity contribution in [2.24, 2.45) is 0 Å². The van der Waals surface area contributed by atoms with Gasteiger partial charge in [0.2, 0.25) is 11.8 Å². The molecular weight excluding hydrogens is 1240 g/mol. The van der Waals surface area contributed by atoms with E-state index in [2.05, 4.69) is 10.6 Å². The van der Waals surface area contributed by atoms with Crippen LogP contribution in [0.15, 0.2) is 0 Å². The number of rotatable bonds is 24. The Balaban J connectivity index is 1.23. The molecule has 36 atom stereocenters. The van der Waals surface area contributed by atoms with E-state index in [1.165, 1.54) is 0 Å². The number of aliphatic carboxylic acids is 1. The van der Waals surface area contributed by atoms with E-state index < -0.39 is 291 Å². The number of amides is 2. The summed E-state index contributed by atoms with van der Waals surface area (Å²) in [5.41, 5.74) is 0. The van der Waals surface area contributed by atoms with Crippen LogP contribution in [0, 0.1) is 0 Å². The third kappa shape index (κ3) is 15.6. The van der Waals surface area contributed by atoms with Crippen molar-refractivity contribution in [3.63, 3.8) is 0 Å². The van der Waals surface area contributed by atoms with E-state index in [1.54, 1.807) is 0 Å². The maximum Gasteiger partial charge on any atom is 0.364 e. The summed E-state index contributed by atoms with van der Waals surface area (Å²) < 4.78 is 74.9. The molecule has 0 aliphatic carbocycles. The van der Waals surface area contributed by atoms with Gasteiger partial charge in [0.25, 0.3) is 5.79 Å². The topological polar surface area (TPSA) is 661 Å². The largest absolute Gasteiger partial charge is 0.477 e. The summed E-state index contributed by atoms with van der Waals surface area (Å²) in [5, 5.41) is 254. The van der Waals surface area contributed by atoms with Gasteiger partial charge in [-0.3, -0.25) is 9.59 Å². The van der Waals surface area contributed by atoms with Crippen LogP contribution in [0.5, 0.6) is 0 Å². The molecule has 0 aromatic rings. The van der Waals surface area contributed by atoms with Crippen molar-refractivity contribution in [3.8, 4) is 0 Å². The fraction of sp³-hybridized carbons (Fsp3) is 0.939. The second-order valence-electron chi connectivity index (χ2n) is 22.5. The molecule has 25 N–H and O–H groups in total. The molecule has 7 fully saturated rings. The van der Waals surface area contributed by atoms with Crippen molar-refractivity contribution in [3.05, 3.63) is 0 Å². The SMILES string of the molecule is CC(=O)N[C@H]1[C@H](O[C@@H]2[C@H](O[C@]3(C(=O)O)C[C@H](O)[C@@H](NC(C)=O)[C@H]([C@H](O)[C@H](O)CO)O3)[C@@H](O)[C@H](O[C@H]3[C@H](O)[C@@H](O)[C@H](O)O[C@@H]3CO)O[C@@H]2CO)O[C@H](CO)[C@H](O)[C@@H]1O[C@@H]1O[C@H](CO)[C@H](O)[C@H](O[C@H]2O[C@H](CO)[C@H](O)[C@H](O[C@@H]3O[C@H](CO)[C@H](O)[C@H](O)[C@H]3O)[C@H]2O)[C@H]1O. The molecule has 0 spiro atoms. The average Bonchev–Trinajstić information content (AvgIpc) is 0.775. The number of carboxylic acid groups (broad SMARTS) is 1. The Morgan fingerprint density at radius 2 is 0.822 bits per heavy atom. The highest BCUT2D eigenvalue weighted by atomic mass is 16.8. The van der Waals surface area contributed by atoms with Gasteiger partial charge in [-0.2, -0.15) is 0 Å². The molecule has 7 aliphatic heterocycles. The predicted molar refractivity (Wildman–Crippen MR) is 272 cm³/mol. The van der Waals surface area contributed by atoms with Gasteiger partial charge < -0.3 is 190 Å². The molecule has 522 valence electrons. The number of aliphatic hydroxyl groups is 22. The molecule has 7 rings (SSSR count). The summed E-state index contributed by atoms with van der Waals surface area (Å²) in [5.74, 6) is -7.57. The Labute approximate surface area is 508 Å². The molecule has 0 unspecified atom stereocenters. The molecule has 0 saturated carbocycles. The van der Waals surface area contributed by atoms with E-state index >= 15 is 0 Å². The zero-order valence-electron chi connectivity index (χ0n) is 47.7. The summed E-state index contributed by atoms with van der Waals surface area (Å²) in [4.78, 5) is 39.1. The van der Waals surface area contributed by atoms with Gasteiger partial charge in [0.15, 0.2) is 37.7 Å². The second kappa shape index (κ2) is 31.7. The van der Waals surface area contributed by atoms with Gasteiger partial charge in [-0.15, -0.1) is 0 Å². The van der Waals surface area contributed by atoms with E-state index in [0.717, 1.165) is 13.8 Å². The van der Waals surface area contributed by atoms with Gasteiger partial charge in [0, 0.05) is 20.3 Å². The molecule has 7 heterocycles. The minimum atomic E-state index is -3.43. The number of aliphatic hydroxyl groups excluding tert-OH is 22. The van der Waals surface area contributed by atoms with Crippen molar-refractivity contribution in [2.75, 3.05) is 46.2 Å². The first kappa shape index (κ1) is 74.4. The van der Waals surface area contributed by atoms with Crippen LogP contribution in [-0.4, -0.2) is 402 Å². The third-order valence-electron chi connectivity index (χ3n) is 16.3. The molecule has 7 saturated heterocycles. The number of hydrogen-bond acceptors (Lipinski definition) is 38. The monoisotopic (exact) mass is 1320 g/mol. The lowest BCUT2D eigenvalue weighted by Gasteiger charge is -2.53. The number of nitrogens with one attached hydrogen (secondary N) is 2. The molecular formula is C49H82N2O39. The van der Waals surface area contributed by atoms with Crippen molar-refractivity contribution >= 4 is 17.8 Å². The molecule has 41 heteroatoms. The van der Waals surface area contributed by atoms with E-state index in [4.69, 9.17) is 61.6 Å². The van der Waals surface area contributed by atoms with Gasteiger partial charge in [-0.25, -0.2) is 4.79 Å². The van der Waals surface area contributed by atoms with Crippen molar-refractivity contribution in [1.82, 2.24) is 10.6 Å². The highest BCUT2D eigenvalue weighted by Crippen LogP contribution is 2.42. The summed E-state index contributed by atoms with van der Waals surface area (Å²) in [7, 11) is 0. The minimum absolute atomic E-state index is 0.888. The zero-order valence-corrected chi connectivity index (χ0v) is 47.7. The van der Waals surface area contributed by atoms with Gasteiger partial charge in [0.1, 0.15) is 165 Å². The van der Waals surface area contributed by atoms with Crippen LogP contribution in [0.2, 0.25) is 0 Å². The molecule has 0 radical (unpaired) electrons. The number of ether oxygens (including phenoxy) is 13. The highest BCUT2D eigenvalue weighted by Gasteiger charge is 2.63. The van der Waals surface area contributed by atoms with Crippen LogP contribution in [0.25, 0.3) is 0 Å². The molecule has 41 nitrogen and oxygen atoms in total. The number of hydrogen-bond donors (Lipinski definition) is 25. The molecule has 90 heavy (non-hydrogen) atoms. The van der Waals surface area contributed by atoms with Crippen LogP contribution in [0.3, 0.4) is 0 Å². The Morgan fingerprint density at radius 3 is 1.29 bits per heavy atom. The van der Waals surface area contributed by atoms with Gasteiger partial charge in [0.05, 0.1) is 58.4 Å². The Bertz CT molecular complexity index is 2290. The Morgan fingerprint density at radius 1 is 0.433 bits per heavy atom. The lowest BCUT2D eigenvalue weighted by molar-refractivity contribution is -0.404. The summed E-state index contributed by atoms with van der Waals surface area (Å²) in [6.45, 7) is -6.15. The normalized spacial score (nSPS) is 48.5. The predicted octanol–water partition coefficient (Wildman–Crippen LogP) is -16.8. The first-order valence-corrected chi connectivity index (χ1v) is 28.3. The van der Waals surface area contributed by atoms with Crippen LogP contribution in [0.1, 0.15) is 20.3 Å². The van der Waals surface area contributed by atoms with Crippen LogP contribution in [-0.2, 0) is 76.0 Å². The zero-order chi connectivity index (χ0) is 66.7. The smallest absolute Gasteiger partial charge is 0.364 e. The quantitative estimate of drug-likeness (QED) is 0.0427. The van der Waals surface area contributed by atoms with Gasteiger partial charge in [-0.05, 0) is 0 Å². The first-order chi connectivity index (χ1) is 42.5. The molecule has 0 aromatic heterocycles. The second-order valence-corrected chi connectivity index (χ2v) is 22.5. The summed E-state index contributed by atoms with van der Waals surface area (Å²) in [6, 6.07) is -3.87. The van der Waals surface area contributed by atoms with Crippen LogP contribution < -0.4 is 10.6 Å². The van der Waals surface area contributed by atoms with E-state index in [0.29, 0.717) is 0 Å². The van der Waals surface area contributed by atoms with E-state index in [1.807, 2.05) is 0 Å². The van der Waals surface area contributed by atoms with Crippen LogP contribution in [0.4, 0.5) is 0 Å². The van der Waals surface area contributed by atoms with E-state index in [-0.39, 0.29) is 0 Å². The lowest BCUT2D eigenvalue weighted by atomic mass is 9.88. The average molecular weight is 1320 g/mol. The molecule has 2 amide bonds. The van der Waals surface area contributed by atoms with E-state index in [9.17, 15) is 132 Å². The molecule has 7 aliphatic rings. The number of carbonyl (C=O) groups excluding carboxylic acids is 2. The fourth-order valence-electron chi connectivity index (χ4n) is 11.5. The maximum absolute atomic E-state index is 13.6. The lowest BCUT2D eigenvalue weighted by Crippen LogP contribution is -2.72. The Kier molecular flexibility index (Phi) is 26.2. The van der Waals surface area contributed by atoms with Crippen molar-refractivity contribution in [2.45, 2.75) is 241 Å². The molecule has 0 aromatic carbocycles. The maximum atomic E-state index is 13.6. The molecule has 0 bridgehead atoms. The van der Waals surface area contributed by atoms with Gasteiger partial charge >= 0.3 is 5.97 Å². The third-order valence-corrected chi connectivity index (χ3v) is 16.3. The highest BCUT2D eigenvalue weighted by molar-refractivity contribution is 5.76. The minimum Gasteiger partial charge on any atom is -0.477 e. The van der Waals surface area contributed by atoms with Crippen molar-refractivity contribution in [1.29, 1.82) is 0 Å². The standard InChI is InChI=1S/C49H82N2O39/c1-11(59)50-21-13(61)3-49(48(76)77,89-38(21)23(63)14(62)4-52)90-41-34(74)47(84-35-19(9-57)78-42(75)30(70)29(35)69)83-20(10-58)36(41)85-43-22(51-12(2)60)37(25(65)16(6-54)79-43)86-45-32(72)40(27(67)17(7-55)81-45)88-46-33(73)39(26(66)18(8-56)82-46)87-44-31(71)28(68)24(64)15(5-53)80-44/h13-47,52-58,61-75H,3-10H2,1-2H3,(H,50,59)(H,51,60)(H,76,77)/t13-,14+,15+,16+,17+,18+,19+,20+,21+,22+,23+,24-,25-,26-,27-,28-,29+,30+,31+,32+,33+,34+,35+,36-,37+,38+,39-,40-,41+,42+,43-,44-,45-,46+,47-,49-/m0/s1. The van der Waals surface area contributed by atoms with Crippen LogP contribution >= 0.6 is 0 Å². The Hall–Kier alpha value is -2.99. The number of carboxylic acids is 1. The summed E-state index contributed by atoms with van der Waals surface area (Å²) >= 11 is 0. The van der Waals surface area contributed by atoms with Gasteiger partial charge in [-0.1, -0.05) is 0 Å². The fourth-order valence-corrected chi connectivity index (χ4v) is 11.5. The number of carbonyl (C=O) groups is 3. The summed E-state index contributed by atoms with van der Waals surface area (Å²) in [6.07, 6.45) is -71.9.